The third-order valence-corrected chi connectivity index (χ3v) is 5.72. The summed E-state index contributed by atoms with van der Waals surface area (Å²) < 4.78 is 16.8. The van der Waals surface area contributed by atoms with Crippen LogP contribution in [0, 0.1) is 29.0 Å². The van der Waals surface area contributed by atoms with Gasteiger partial charge in [-0.3, -0.25) is 14.9 Å². The SMILES string of the molecule is CC(C)Nc1c(F)c(Cl)c(-c2cn3cc(NC(=O)[C@@H]4C[C@@H]4C#N)nc3cn2)c2cn[nH]c12. The molecule has 1 saturated carbocycles. The number of amides is 1. The highest BCUT2D eigenvalue weighted by Crippen LogP contribution is 2.41. The van der Waals surface area contributed by atoms with Crippen molar-refractivity contribution >= 4 is 45.6 Å². The minimum absolute atomic E-state index is 0.00829. The van der Waals surface area contributed by atoms with Crippen LogP contribution in [0.4, 0.5) is 15.9 Å². The Kier molecular flexibility index (Phi) is 4.71. The predicted octanol–water partition coefficient (Wildman–Crippen LogP) is 3.98. The van der Waals surface area contributed by atoms with Crippen LogP contribution in [0.5, 0.6) is 0 Å². The Labute approximate surface area is 186 Å². The molecule has 3 heterocycles. The second-order valence-corrected chi connectivity index (χ2v) is 8.44. The summed E-state index contributed by atoms with van der Waals surface area (Å²) in [5.41, 5.74) is 2.07. The first-order chi connectivity index (χ1) is 15.4. The number of halogens is 2. The average molecular weight is 453 g/mol. The number of hydrogen-bond acceptors (Lipinski definition) is 6. The zero-order valence-corrected chi connectivity index (χ0v) is 17.9. The molecule has 5 rings (SSSR count). The zero-order valence-electron chi connectivity index (χ0n) is 17.1. The minimum atomic E-state index is -0.593. The summed E-state index contributed by atoms with van der Waals surface area (Å²) in [6.07, 6.45) is 6.95. The normalized spacial score (nSPS) is 17.6. The lowest BCUT2D eigenvalue weighted by atomic mass is 10.1. The summed E-state index contributed by atoms with van der Waals surface area (Å²) in [5.74, 6) is -1.01. The van der Waals surface area contributed by atoms with Crippen molar-refractivity contribution in [2.75, 3.05) is 10.6 Å². The summed E-state index contributed by atoms with van der Waals surface area (Å²) in [5, 5.41) is 22.1. The molecule has 11 heteroatoms. The zero-order chi connectivity index (χ0) is 22.6. The molecule has 0 radical (unpaired) electrons. The van der Waals surface area contributed by atoms with E-state index in [1.54, 1.807) is 23.0 Å². The molecule has 162 valence electrons. The number of H-pyrrole nitrogens is 1. The van der Waals surface area contributed by atoms with Crippen molar-refractivity contribution in [3.63, 3.8) is 0 Å². The van der Waals surface area contributed by atoms with Crippen LogP contribution in [-0.2, 0) is 4.79 Å². The molecular weight excluding hydrogens is 435 g/mol. The third kappa shape index (κ3) is 3.31. The first kappa shape index (κ1) is 20.2. The van der Waals surface area contributed by atoms with Gasteiger partial charge in [-0.05, 0) is 20.3 Å². The van der Waals surface area contributed by atoms with E-state index in [4.69, 9.17) is 16.9 Å². The lowest BCUT2D eigenvalue weighted by molar-refractivity contribution is -0.117. The summed E-state index contributed by atoms with van der Waals surface area (Å²) in [7, 11) is 0. The number of hydrogen-bond donors (Lipinski definition) is 3. The van der Waals surface area contributed by atoms with Gasteiger partial charge in [-0.1, -0.05) is 11.6 Å². The van der Waals surface area contributed by atoms with Crippen molar-refractivity contribution in [1.82, 2.24) is 24.6 Å². The van der Waals surface area contributed by atoms with Gasteiger partial charge in [-0.2, -0.15) is 10.4 Å². The molecule has 0 spiro atoms. The summed E-state index contributed by atoms with van der Waals surface area (Å²) in [6.45, 7) is 3.80. The molecule has 3 N–H and O–H groups in total. The van der Waals surface area contributed by atoms with Crippen LogP contribution in [0.25, 0.3) is 27.8 Å². The fraction of sp³-hybridized carbons (Fsp3) is 0.286. The molecule has 1 aromatic carbocycles. The third-order valence-electron chi connectivity index (χ3n) is 5.37. The van der Waals surface area contributed by atoms with Crippen LogP contribution in [0.3, 0.4) is 0 Å². The Bertz CT molecular complexity index is 1420. The number of fused-ring (bicyclic) bond motifs is 2. The van der Waals surface area contributed by atoms with E-state index in [1.807, 2.05) is 13.8 Å². The number of carbonyl (C=O) groups excluding carboxylic acids is 1. The maximum Gasteiger partial charge on any atom is 0.230 e. The summed E-state index contributed by atoms with van der Waals surface area (Å²) in [4.78, 5) is 21.0. The smallest absolute Gasteiger partial charge is 0.230 e. The maximum absolute atomic E-state index is 15.2. The van der Waals surface area contributed by atoms with E-state index >= 15 is 4.39 Å². The van der Waals surface area contributed by atoms with E-state index in [2.05, 4.69) is 36.9 Å². The first-order valence-electron chi connectivity index (χ1n) is 10.0. The van der Waals surface area contributed by atoms with Gasteiger partial charge in [0.2, 0.25) is 5.91 Å². The number of nitriles is 1. The number of nitrogens with one attached hydrogen (secondary N) is 3. The van der Waals surface area contributed by atoms with Gasteiger partial charge < -0.3 is 15.0 Å². The van der Waals surface area contributed by atoms with Gasteiger partial charge in [0.25, 0.3) is 0 Å². The van der Waals surface area contributed by atoms with Crippen molar-refractivity contribution in [2.45, 2.75) is 26.3 Å². The monoisotopic (exact) mass is 452 g/mol. The molecule has 1 aliphatic rings. The number of imidazole rings is 1. The Hall–Kier alpha value is -3.71. The number of carbonyl (C=O) groups is 1. The van der Waals surface area contributed by atoms with Crippen LogP contribution in [-0.4, -0.2) is 36.5 Å². The van der Waals surface area contributed by atoms with Crippen molar-refractivity contribution in [2.24, 2.45) is 11.8 Å². The van der Waals surface area contributed by atoms with E-state index in [1.165, 1.54) is 6.20 Å². The second-order valence-electron chi connectivity index (χ2n) is 8.07. The molecule has 0 aliphatic heterocycles. The standard InChI is InChI=1S/C21H18ClFN8O/c1-9(2)27-20-18(23)17(22)16(12-5-26-30-19(12)20)13-7-31-8-14(28-15(31)6-25-13)29-21(32)11-3-10(11)4-24/h5-11,27H,3H2,1-2H3,(H,26,30)(H,29,32)/t10-,11-/m1/s1. The molecule has 0 unspecified atom stereocenters. The Morgan fingerprint density at radius 1 is 1.41 bits per heavy atom. The molecule has 2 atom stereocenters. The van der Waals surface area contributed by atoms with Gasteiger partial charge in [0.15, 0.2) is 17.3 Å². The molecule has 32 heavy (non-hydrogen) atoms. The van der Waals surface area contributed by atoms with Gasteiger partial charge >= 0.3 is 0 Å². The summed E-state index contributed by atoms with van der Waals surface area (Å²) >= 11 is 6.44. The molecule has 3 aromatic heterocycles. The van der Waals surface area contributed by atoms with E-state index in [-0.39, 0.29) is 34.5 Å². The van der Waals surface area contributed by atoms with Crippen LogP contribution in [0.15, 0.2) is 24.8 Å². The molecule has 0 saturated heterocycles. The molecule has 1 amide bonds. The van der Waals surface area contributed by atoms with E-state index < -0.39 is 5.82 Å². The largest absolute Gasteiger partial charge is 0.379 e. The Morgan fingerprint density at radius 2 is 2.22 bits per heavy atom. The number of aromatic nitrogens is 5. The number of nitrogens with zero attached hydrogens (tertiary/aromatic N) is 5. The number of rotatable bonds is 5. The number of anilines is 2. The van der Waals surface area contributed by atoms with Gasteiger partial charge in [0, 0.05) is 23.2 Å². The average Bonchev–Trinajstić information content (AvgIpc) is 3.22. The van der Waals surface area contributed by atoms with E-state index in [9.17, 15) is 4.79 Å². The van der Waals surface area contributed by atoms with Crippen molar-refractivity contribution < 1.29 is 9.18 Å². The minimum Gasteiger partial charge on any atom is -0.379 e. The summed E-state index contributed by atoms with van der Waals surface area (Å²) in [6, 6.07) is 2.08. The molecule has 4 aromatic rings. The van der Waals surface area contributed by atoms with Gasteiger partial charge in [-0.25, -0.2) is 9.37 Å². The molecule has 9 nitrogen and oxygen atoms in total. The second kappa shape index (κ2) is 7.46. The van der Waals surface area contributed by atoms with Crippen LogP contribution < -0.4 is 10.6 Å². The maximum atomic E-state index is 15.2. The topological polar surface area (TPSA) is 124 Å². The molecule has 0 bridgehead atoms. The van der Waals surface area contributed by atoms with Gasteiger partial charge in [0.05, 0.1) is 58.4 Å². The Balaban J connectivity index is 1.54. The van der Waals surface area contributed by atoms with Crippen LogP contribution >= 0.6 is 11.6 Å². The fourth-order valence-electron chi connectivity index (χ4n) is 3.72. The first-order valence-corrected chi connectivity index (χ1v) is 10.4. The highest BCUT2D eigenvalue weighted by atomic mass is 35.5. The van der Waals surface area contributed by atoms with Crippen molar-refractivity contribution in [3.8, 4) is 17.3 Å². The predicted molar refractivity (Wildman–Crippen MR) is 118 cm³/mol. The number of benzene rings is 1. The number of aromatic amines is 1. The van der Waals surface area contributed by atoms with Crippen LogP contribution in [0.1, 0.15) is 20.3 Å². The highest BCUT2D eigenvalue weighted by Gasteiger charge is 2.43. The van der Waals surface area contributed by atoms with Gasteiger partial charge in [0.1, 0.15) is 0 Å². The fourth-order valence-corrected chi connectivity index (χ4v) is 4.02. The van der Waals surface area contributed by atoms with Crippen LogP contribution in [0.2, 0.25) is 5.02 Å². The lowest BCUT2D eigenvalue weighted by Gasteiger charge is -2.15. The molecule has 1 fully saturated rings. The van der Waals surface area contributed by atoms with Crippen molar-refractivity contribution in [1.29, 1.82) is 5.26 Å². The van der Waals surface area contributed by atoms with Crippen molar-refractivity contribution in [3.05, 3.63) is 35.6 Å². The molecule has 1 aliphatic carbocycles. The van der Waals surface area contributed by atoms with E-state index in [0.29, 0.717) is 40.0 Å². The van der Waals surface area contributed by atoms with Gasteiger partial charge in [-0.15, -0.1) is 0 Å². The quantitative estimate of drug-likeness (QED) is 0.420. The van der Waals surface area contributed by atoms with E-state index in [0.717, 1.165) is 0 Å². The lowest BCUT2D eigenvalue weighted by Crippen LogP contribution is -2.14. The highest BCUT2D eigenvalue weighted by molar-refractivity contribution is 6.35. The molecular formula is C21H18ClFN8O. The Morgan fingerprint density at radius 3 is 2.94 bits per heavy atom.